The third-order valence-electron chi connectivity index (χ3n) is 1.35. The Morgan fingerprint density at radius 3 is 2.46 bits per heavy atom. The van der Waals surface area contributed by atoms with Crippen molar-refractivity contribution in [1.29, 1.82) is 0 Å². The van der Waals surface area contributed by atoms with Crippen LogP contribution in [0.25, 0.3) is 0 Å². The summed E-state index contributed by atoms with van der Waals surface area (Å²) in [5.74, 6) is -0.385. The van der Waals surface area contributed by atoms with Crippen molar-refractivity contribution in [2.45, 2.75) is 0 Å². The first-order valence-electron chi connectivity index (χ1n) is 3.49. The van der Waals surface area contributed by atoms with Gasteiger partial charge in [-0.1, -0.05) is 11.6 Å². The monoisotopic (exact) mass is 198 g/mol. The number of hydrazine groups is 1. The van der Waals surface area contributed by atoms with E-state index < -0.39 is 0 Å². The lowest BCUT2D eigenvalue weighted by Gasteiger charge is -2.01. The van der Waals surface area contributed by atoms with Crippen LogP contribution in [0.3, 0.4) is 0 Å². The second kappa shape index (κ2) is 4.47. The van der Waals surface area contributed by atoms with Gasteiger partial charge in [0.05, 0.1) is 0 Å². The molecule has 13 heavy (non-hydrogen) atoms. The Hall–Kier alpha value is -1.55. The van der Waals surface area contributed by atoms with E-state index in [1.807, 2.05) is 5.43 Å². The van der Waals surface area contributed by atoms with E-state index in [0.717, 1.165) is 0 Å². The van der Waals surface area contributed by atoms with Crippen molar-refractivity contribution in [2.75, 3.05) is 0 Å². The largest absolute Gasteiger partial charge is 0.277 e. The van der Waals surface area contributed by atoms with Gasteiger partial charge < -0.3 is 0 Å². The van der Waals surface area contributed by atoms with Crippen LogP contribution in [0.1, 0.15) is 10.4 Å². The molecule has 5 heteroatoms. The van der Waals surface area contributed by atoms with E-state index in [1.165, 1.54) is 0 Å². The Morgan fingerprint density at radius 2 is 1.92 bits per heavy atom. The third kappa shape index (κ3) is 2.76. The lowest BCUT2D eigenvalue weighted by Crippen LogP contribution is -2.36. The Labute approximate surface area is 79.9 Å². The summed E-state index contributed by atoms with van der Waals surface area (Å²) in [6.07, 6.45) is 0.383. The fourth-order valence-corrected chi connectivity index (χ4v) is 0.894. The number of carbonyl (C=O) groups excluding carboxylic acids is 2. The van der Waals surface area contributed by atoms with Gasteiger partial charge in [-0.15, -0.1) is 0 Å². The summed E-state index contributed by atoms with van der Waals surface area (Å²) < 4.78 is 0. The normalized spacial score (nSPS) is 9.00. The molecule has 68 valence electrons. The average molecular weight is 199 g/mol. The first kappa shape index (κ1) is 9.54. The number of hydrogen-bond donors (Lipinski definition) is 2. The van der Waals surface area contributed by atoms with E-state index in [1.54, 1.807) is 24.3 Å². The number of amides is 2. The van der Waals surface area contributed by atoms with Crippen LogP contribution in [0.5, 0.6) is 0 Å². The number of carbonyl (C=O) groups is 2. The van der Waals surface area contributed by atoms with Crippen molar-refractivity contribution >= 4 is 23.9 Å². The molecular formula is C8H7ClN2O2. The molecule has 0 saturated heterocycles. The highest BCUT2D eigenvalue weighted by molar-refractivity contribution is 6.30. The molecule has 0 spiro atoms. The Balaban J connectivity index is 2.66. The Morgan fingerprint density at radius 1 is 1.31 bits per heavy atom. The Bertz CT molecular complexity index is 310. The van der Waals surface area contributed by atoms with E-state index in [2.05, 4.69) is 5.43 Å². The van der Waals surface area contributed by atoms with Gasteiger partial charge in [-0.25, -0.2) is 0 Å². The minimum absolute atomic E-state index is 0.383. The maximum absolute atomic E-state index is 11.1. The van der Waals surface area contributed by atoms with Crippen molar-refractivity contribution in [3.05, 3.63) is 34.9 Å². The average Bonchev–Trinajstić information content (AvgIpc) is 2.15. The van der Waals surface area contributed by atoms with E-state index in [4.69, 9.17) is 11.6 Å². The summed E-state index contributed by atoms with van der Waals surface area (Å²) >= 11 is 5.62. The summed E-state index contributed by atoms with van der Waals surface area (Å²) in [5.41, 5.74) is 4.65. The molecule has 4 nitrogen and oxygen atoms in total. The van der Waals surface area contributed by atoms with Gasteiger partial charge in [-0.2, -0.15) is 0 Å². The van der Waals surface area contributed by atoms with E-state index in [-0.39, 0.29) is 5.91 Å². The molecule has 0 aromatic heterocycles. The predicted molar refractivity (Wildman–Crippen MR) is 48.1 cm³/mol. The first-order valence-corrected chi connectivity index (χ1v) is 3.87. The van der Waals surface area contributed by atoms with Crippen LogP contribution in [0.4, 0.5) is 0 Å². The molecule has 0 aliphatic heterocycles. The molecular weight excluding hydrogens is 192 g/mol. The molecule has 0 fully saturated rings. The topological polar surface area (TPSA) is 58.2 Å². The van der Waals surface area contributed by atoms with Gasteiger partial charge in [-0.05, 0) is 24.3 Å². The van der Waals surface area contributed by atoms with Gasteiger partial charge in [0, 0.05) is 10.6 Å². The quantitative estimate of drug-likeness (QED) is 0.556. The smallest absolute Gasteiger partial charge is 0.269 e. The molecule has 1 aromatic rings. The number of hydrogen-bond acceptors (Lipinski definition) is 2. The zero-order chi connectivity index (χ0) is 9.68. The van der Waals surface area contributed by atoms with Crippen LogP contribution in [-0.4, -0.2) is 12.3 Å². The highest BCUT2D eigenvalue weighted by atomic mass is 35.5. The van der Waals surface area contributed by atoms with Crippen molar-refractivity contribution in [3.63, 3.8) is 0 Å². The highest BCUT2D eigenvalue weighted by Gasteiger charge is 2.02. The molecule has 0 aliphatic carbocycles. The van der Waals surface area contributed by atoms with Crippen LogP contribution < -0.4 is 10.9 Å². The molecule has 2 amide bonds. The van der Waals surface area contributed by atoms with Crippen LogP contribution in [0.2, 0.25) is 5.02 Å². The van der Waals surface area contributed by atoms with Gasteiger partial charge >= 0.3 is 0 Å². The molecule has 0 heterocycles. The van der Waals surface area contributed by atoms with Crippen LogP contribution in [0, 0.1) is 0 Å². The van der Waals surface area contributed by atoms with E-state index >= 15 is 0 Å². The molecule has 1 aromatic carbocycles. The number of nitrogens with one attached hydrogen (secondary N) is 2. The van der Waals surface area contributed by atoms with Gasteiger partial charge in [-0.3, -0.25) is 20.4 Å². The standard InChI is InChI=1S/C8H7ClN2O2/c9-7-3-1-6(2-4-7)8(13)11-10-5-12/h1-5H,(H,10,12)(H,11,13). The molecule has 0 aliphatic rings. The summed E-state index contributed by atoms with van der Waals surface area (Å²) in [7, 11) is 0. The molecule has 0 saturated carbocycles. The van der Waals surface area contributed by atoms with Crippen molar-refractivity contribution in [2.24, 2.45) is 0 Å². The SMILES string of the molecule is O=CNNC(=O)c1ccc(Cl)cc1. The van der Waals surface area contributed by atoms with Crippen LogP contribution >= 0.6 is 11.6 Å². The van der Waals surface area contributed by atoms with E-state index in [9.17, 15) is 9.59 Å². The lowest BCUT2D eigenvalue weighted by molar-refractivity contribution is -0.110. The molecule has 0 unspecified atom stereocenters. The maximum atomic E-state index is 11.1. The third-order valence-corrected chi connectivity index (χ3v) is 1.60. The van der Waals surface area contributed by atoms with Crippen molar-refractivity contribution < 1.29 is 9.59 Å². The van der Waals surface area contributed by atoms with Gasteiger partial charge in [0.2, 0.25) is 6.41 Å². The summed E-state index contributed by atoms with van der Waals surface area (Å²) in [6.45, 7) is 0. The molecule has 2 N–H and O–H groups in total. The number of halogens is 1. The van der Waals surface area contributed by atoms with Gasteiger partial charge in [0.15, 0.2) is 0 Å². The maximum Gasteiger partial charge on any atom is 0.269 e. The Kier molecular flexibility index (Phi) is 3.28. The zero-order valence-corrected chi connectivity index (χ0v) is 7.34. The fourth-order valence-electron chi connectivity index (χ4n) is 0.768. The molecule has 0 radical (unpaired) electrons. The molecule has 0 bridgehead atoms. The molecule has 0 atom stereocenters. The minimum Gasteiger partial charge on any atom is -0.277 e. The summed E-state index contributed by atoms with van der Waals surface area (Å²) in [6, 6.07) is 6.31. The predicted octanol–water partition coefficient (Wildman–Crippen LogP) is 0.731. The van der Waals surface area contributed by atoms with Crippen molar-refractivity contribution in [1.82, 2.24) is 10.9 Å². The van der Waals surface area contributed by atoms with Gasteiger partial charge in [0.1, 0.15) is 0 Å². The second-order valence-electron chi connectivity index (χ2n) is 2.22. The minimum atomic E-state index is -0.385. The van der Waals surface area contributed by atoms with Gasteiger partial charge in [0.25, 0.3) is 5.91 Å². The highest BCUT2D eigenvalue weighted by Crippen LogP contribution is 2.08. The zero-order valence-electron chi connectivity index (χ0n) is 6.58. The first-order chi connectivity index (χ1) is 6.24. The van der Waals surface area contributed by atoms with Crippen LogP contribution in [-0.2, 0) is 4.79 Å². The second-order valence-corrected chi connectivity index (χ2v) is 2.66. The number of rotatable bonds is 3. The van der Waals surface area contributed by atoms with Crippen molar-refractivity contribution in [3.8, 4) is 0 Å². The molecule has 1 rings (SSSR count). The lowest BCUT2D eigenvalue weighted by atomic mass is 10.2. The van der Waals surface area contributed by atoms with Crippen LogP contribution in [0.15, 0.2) is 24.3 Å². The van der Waals surface area contributed by atoms with E-state index in [0.29, 0.717) is 17.0 Å². The summed E-state index contributed by atoms with van der Waals surface area (Å²) in [5, 5.41) is 0.555. The summed E-state index contributed by atoms with van der Waals surface area (Å²) in [4.78, 5) is 21.0. The fraction of sp³-hybridized carbons (Fsp3) is 0. The number of benzene rings is 1.